The van der Waals surface area contributed by atoms with Gasteiger partial charge in [0.2, 0.25) is 0 Å². The van der Waals surface area contributed by atoms with Crippen LogP contribution in [0.5, 0.6) is 0 Å². The minimum absolute atomic E-state index is 0.0135. The van der Waals surface area contributed by atoms with Crippen LogP contribution in [0, 0.1) is 0 Å². The molecular weight excluding hydrogens is 352 g/mol. The van der Waals surface area contributed by atoms with Crippen LogP contribution in [0.25, 0.3) is 0 Å². The van der Waals surface area contributed by atoms with Crippen LogP contribution < -0.4 is 0 Å². The van der Waals surface area contributed by atoms with E-state index in [9.17, 15) is 4.21 Å². The molecule has 0 radical (unpaired) electrons. The van der Waals surface area contributed by atoms with Gasteiger partial charge in [-0.1, -0.05) is 30.3 Å². The van der Waals surface area contributed by atoms with Gasteiger partial charge in [0.15, 0.2) is 0 Å². The first-order valence-corrected chi connectivity index (χ1v) is 12.3. The van der Waals surface area contributed by atoms with Gasteiger partial charge in [-0.3, -0.25) is 4.18 Å². The van der Waals surface area contributed by atoms with Crippen molar-refractivity contribution in [3.63, 3.8) is 0 Å². The van der Waals surface area contributed by atoms with Crippen LogP contribution in [0.2, 0.25) is 0 Å². The molecule has 0 aliphatic heterocycles. The predicted molar refractivity (Wildman–Crippen MR) is 97.1 cm³/mol. The van der Waals surface area contributed by atoms with E-state index in [1.807, 2.05) is 51.1 Å². The van der Waals surface area contributed by atoms with E-state index in [-0.39, 0.29) is 12.0 Å². The fourth-order valence-corrected chi connectivity index (χ4v) is 6.42. The Hall–Kier alpha value is -0.353. The largest absolute Gasteiger partial charge is 0.529 e. The highest BCUT2D eigenvalue weighted by Crippen LogP contribution is 2.13. The molecule has 1 atom stereocenters. The molecule has 0 bridgehead atoms. The van der Waals surface area contributed by atoms with Gasteiger partial charge in [0, 0.05) is 31.0 Å². The molecule has 1 unspecified atom stereocenters. The van der Waals surface area contributed by atoms with Gasteiger partial charge < -0.3 is 13.3 Å². The van der Waals surface area contributed by atoms with Gasteiger partial charge in [0.1, 0.15) is 15.0 Å². The molecule has 1 aromatic rings. The predicted octanol–water partition coefficient (Wildman–Crippen LogP) is 2.49. The Morgan fingerprint density at radius 3 is 2.00 bits per heavy atom. The number of hydrogen-bond acceptors (Lipinski definition) is 6. The molecule has 1 aromatic carbocycles. The van der Waals surface area contributed by atoms with Crippen molar-refractivity contribution in [1.82, 2.24) is 0 Å². The third-order valence-electron chi connectivity index (χ3n) is 2.99. The lowest BCUT2D eigenvalue weighted by Crippen LogP contribution is -2.51. The van der Waals surface area contributed by atoms with Crippen molar-refractivity contribution < 1.29 is 21.7 Å². The van der Waals surface area contributed by atoms with E-state index in [2.05, 4.69) is 0 Å². The van der Waals surface area contributed by atoms with E-state index in [1.54, 1.807) is 0 Å². The Morgan fingerprint density at radius 2 is 1.52 bits per heavy atom. The Labute approximate surface area is 145 Å². The fraction of sp³-hybridized carbons (Fsp3) is 0.600. The summed E-state index contributed by atoms with van der Waals surface area (Å²) in [5, 5.41) is 0. The molecule has 0 N–H and O–H groups in total. The van der Waals surface area contributed by atoms with Gasteiger partial charge in [-0.2, -0.15) is 0 Å². The molecular formula is C15H26O5S2Si. The van der Waals surface area contributed by atoms with Crippen molar-refractivity contribution in [3.8, 4) is 0 Å². The van der Waals surface area contributed by atoms with Crippen LogP contribution in [-0.4, -0.2) is 44.8 Å². The van der Waals surface area contributed by atoms with Crippen molar-refractivity contribution in [2.45, 2.75) is 27.2 Å². The molecule has 0 heterocycles. The highest BCUT2D eigenvalue weighted by molar-refractivity contribution is 8.30. The summed E-state index contributed by atoms with van der Waals surface area (Å²) in [4.78, 5) is 0. The highest BCUT2D eigenvalue weighted by Gasteiger charge is 2.42. The van der Waals surface area contributed by atoms with Gasteiger partial charge in [0.05, 0.1) is 5.75 Å². The van der Waals surface area contributed by atoms with Crippen LogP contribution in [-0.2, 0) is 43.8 Å². The van der Waals surface area contributed by atoms with Gasteiger partial charge in [-0.25, -0.2) is 4.21 Å². The average Bonchev–Trinajstić information content (AvgIpc) is 2.53. The maximum absolute atomic E-state index is 12.5. The molecule has 0 fully saturated rings. The maximum Gasteiger partial charge on any atom is 0.529 e. The van der Waals surface area contributed by atoms with Crippen molar-refractivity contribution >= 4 is 28.8 Å². The summed E-state index contributed by atoms with van der Waals surface area (Å²) in [7, 11) is -5.82. The van der Waals surface area contributed by atoms with E-state index >= 15 is 0 Å². The first-order chi connectivity index (χ1) is 11.0. The van der Waals surface area contributed by atoms with Gasteiger partial charge in [-0.05, 0) is 32.8 Å². The molecule has 132 valence electrons. The molecule has 0 saturated carbocycles. The molecule has 1 rings (SSSR count). The van der Waals surface area contributed by atoms with Crippen LogP contribution in [0.1, 0.15) is 26.3 Å². The zero-order valence-corrected chi connectivity index (χ0v) is 16.6. The molecule has 0 aliphatic carbocycles. The quantitative estimate of drug-likeness (QED) is 0.521. The Balaban J connectivity index is 2.63. The topological polar surface area (TPSA) is 54.0 Å². The molecule has 8 heteroatoms. The molecule has 0 aliphatic rings. The summed E-state index contributed by atoms with van der Waals surface area (Å²) >= 11 is 5.12. The summed E-state index contributed by atoms with van der Waals surface area (Å²) in [5.41, 5.74) is 1.08. The fourth-order valence-electron chi connectivity index (χ4n) is 2.02. The number of rotatable bonds is 12. The SMILES string of the molecule is CCO[Si](COS(=O)(=S)CCc1ccccc1)(OCC)OCC. The Kier molecular flexibility index (Phi) is 9.44. The van der Waals surface area contributed by atoms with Crippen LogP contribution in [0.4, 0.5) is 0 Å². The van der Waals surface area contributed by atoms with Crippen molar-refractivity contribution in [3.05, 3.63) is 35.9 Å². The Bertz CT molecular complexity index is 519. The standard InChI is InChI=1S/C15H26O5S2Si/c1-4-18-23(19-5-2,20-6-3)14-17-22(16,21)13-12-15-10-8-7-9-11-15/h7-11H,4-6,12-14H2,1-3H3. The third-order valence-corrected chi connectivity index (χ3v) is 7.85. The van der Waals surface area contributed by atoms with Crippen LogP contribution in [0.3, 0.4) is 0 Å². The van der Waals surface area contributed by atoms with Gasteiger partial charge in [-0.15, -0.1) is 0 Å². The summed E-state index contributed by atoms with van der Waals surface area (Å²) < 4.78 is 35.0. The normalized spacial score (nSPS) is 14.6. The number of aryl methyl sites for hydroxylation is 1. The van der Waals surface area contributed by atoms with Gasteiger partial charge in [0.25, 0.3) is 0 Å². The molecule has 0 aromatic heterocycles. The second kappa shape index (κ2) is 10.5. The molecule has 5 nitrogen and oxygen atoms in total. The van der Waals surface area contributed by atoms with Crippen LogP contribution >= 0.6 is 0 Å². The smallest absolute Gasteiger partial charge is 0.372 e. The molecule has 0 amide bonds. The summed E-state index contributed by atoms with van der Waals surface area (Å²) in [6.45, 7) is 6.91. The lowest BCUT2D eigenvalue weighted by molar-refractivity contribution is 0.0558. The molecule has 23 heavy (non-hydrogen) atoms. The average molecular weight is 379 g/mol. The summed E-state index contributed by atoms with van der Waals surface area (Å²) in [5.74, 6) is 0.279. The highest BCUT2D eigenvalue weighted by atomic mass is 32.8. The Morgan fingerprint density at radius 1 is 1.00 bits per heavy atom. The van der Waals surface area contributed by atoms with Crippen molar-refractivity contribution in [2.24, 2.45) is 0 Å². The second-order valence-electron chi connectivity index (χ2n) is 4.74. The minimum atomic E-state index is -2.98. The molecule has 0 saturated heterocycles. The molecule has 0 spiro atoms. The zero-order valence-electron chi connectivity index (χ0n) is 14.0. The van der Waals surface area contributed by atoms with Crippen molar-refractivity contribution in [1.29, 1.82) is 0 Å². The first kappa shape index (κ1) is 20.7. The number of benzene rings is 1. The zero-order chi connectivity index (χ0) is 17.2. The van der Waals surface area contributed by atoms with Crippen molar-refractivity contribution in [2.75, 3.05) is 31.8 Å². The van der Waals surface area contributed by atoms with Crippen LogP contribution in [0.15, 0.2) is 30.3 Å². The third kappa shape index (κ3) is 7.84. The van der Waals surface area contributed by atoms with E-state index in [0.29, 0.717) is 26.2 Å². The lowest BCUT2D eigenvalue weighted by atomic mass is 10.2. The first-order valence-electron chi connectivity index (χ1n) is 7.79. The van der Waals surface area contributed by atoms with E-state index < -0.39 is 17.6 Å². The lowest BCUT2D eigenvalue weighted by Gasteiger charge is -2.28. The van der Waals surface area contributed by atoms with E-state index in [4.69, 9.17) is 28.6 Å². The summed E-state index contributed by atoms with van der Waals surface area (Å²) in [6.07, 6.45) is 0.620. The maximum atomic E-state index is 12.5. The number of hydrogen-bond donors (Lipinski definition) is 0. The monoisotopic (exact) mass is 378 g/mol. The minimum Gasteiger partial charge on any atom is -0.372 e. The van der Waals surface area contributed by atoms with E-state index in [0.717, 1.165) is 5.56 Å². The van der Waals surface area contributed by atoms with Gasteiger partial charge >= 0.3 is 8.80 Å². The van der Waals surface area contributed by atoms with E-state index in [1.165, 1.54) is 0 Å². The second-order valence-corrected chi connectivity index (χ2v) is 10.5. The summed E-state index contributed by atoms with van der Waals surface area (Å²) in [6, 6.07) is 9.78.